The molecule has 3 N–H and O–H groups in total. The van der Waals surface area contributed by atoms with Crippen LogP contribution < -0.4 is 0 Å². The Morgan fingerprint density at radius 2 is 1.93 bits per heavy atom. The number of benzene rings is 1. The topological polar surface area (TPSA) is 90.7 Å². The minimum absolute atomic E-state index is 0.230. The molecule has 5 nitrogen and oxygen atoms in total. The summed E-state index contributed by atoms with van der Waals surface area (Å²) in [6.07, 6.45) is 6.58. The van der Waals surface area contributed by atoms with Crippen LogP contribution in [-0.2, 0) is 4.79 Å². The molecule has 0 radical (unpaired) electrons. The van der Waals surface area contributed by atoms with Crippen molar-refractivity contribution < 1.29 is 20.1 Å². The molecule has 1 aromatic heterocycles. The van der Waals surface area contributed by atoms with Crippen molar-refractivity contribution in [2.45, 2.75) is 76.9 Å². The maximum absolute atomic E-state index is 10.7. The predicted molar refractivity (Wildman–Crippen MR) is 116 cm³/mol. The first kappa shape index (κ1) is 22.2. The molecular weight excluding hydrogens is 386 g/mol. The Kier molecular flexibility index (Phi) is 8.04. The fourth-order valence-corrected chi connectivity index (χ4v) is 5.85. The van der Waals surface area contributed by atoms with E-state index >= 15 is 0 Å². The molecule has 1 aromatic carbocycles. The summed E-state index contributed by atoms with van der Waals surface area (Å²) in [5.74, 6) is 0.484. The number of hydrogen-bond acceptors (Lipinski definition) is 5. The second-order valence-electron chi connectivity index (χ2n) is 8.57. The Bertz CT molecular complexity index is 759. The van der Waals surface area contributed by atoms with E-state index < -0.39 is 12.1 Å². The van der Waals surface area contributed by atoms with Gasteiger partial charge >= 0.3 is 5.97 Å². The van der Waals surface area contributed by atoms with E-state index in [0.717, 1.165) is 60.2 Å². The average molecular weight is 420 g/mol. The molecule has 29 heavy (non-hydrogen) atoms. The molecule has 2 aromatic rings. The number of rotatable bonds is 11. The summed E-state index contributed by atoms with van der Waals surface area (Å²) in [6.45, 7) is 2.22. The van der Waals surface area contributed by atoms with Gasteiger partial charge in [0.25, 0.3) is 0 Å². The van der Waals surface area contributed by atoms with Crippen LogP contribution in [0.15, 0.2) is 24.3 Å². The predicted octanol–water partition coefficient (Wildman–Crippen LogP) is 5.17. The second kappa shape index (κ2) is 10.5. The first-order valence-corrected chi connectivity index (χ1v) is 11.7. The summed E-state index contributed by atoms with van der Waals surface area (Å²) >= 11 is 1.55. The highest BCUT2D eigenvalue weighted by molar-refractivity contribution is 7.18. The van der Waals surface area contributed by atoms with E-state index in [0.29, 0.717) is 18.3 Å². The molecule has 1 aliphatic rings. The number of para-hydroxylation sites is 1. The third-order valence-corrected chi connectivity index (χ3v) is 7.57. The van der Waals surface area contributed by atoms with Gasteiger partial charge in [-0.25, -0.2) is 4.98 Å². The van der Waals surface area contributed by atoms with Gasteiger partial charge in [-0.05, 0) is 62.0 Å². The fraction of sp³-hybridized carbons (Fsp3) is 0.652. The smallest absolute Gasteiger partial charge is 0.303 e. The van der Waals surface area contributed by atoms with Gasteiger partial charge in [0.15, 0.2) is 0 Å². The minimum Gasteiger partial charge on any atom is -0.481 e. The number of nitrogens with zero attached hydrogens (tertiary/aromatic N) is 1. The molecule has 0 aliphatic heterocycles. The Labute approximate surface area is 176 Å². The largest absolute Gasteiger partial charge is 0.481 e. The molecule has 1 saturated carbocycles. The van der Waals surface area contributed by atoms with Crippen molar-refractivity contribution in [1.82, 2.24) is 4.98 Å². The van der Waals surface area contributed by atoms with Gasteiger partial charge in [-0.2, -0.15) is 0 Å². The maximum atomic E-state index is 10.7. The monoisotopic (exact) mass is 419 g/mol. The summed E-state index contributed by atoms with van der Waals surface area (Å²) in [5, 5.41) is 30.7. The van der Waals surface area contributed by atoms with Crippen molar-refractivity contribution in [2.24, 2.45) is 17.8 Å². The molecule has 5 atom stereocenters. The highest BCUT2D eigenvalue weighted by Gasteiger charge is 2.39. The zero-order valence-corrected chi connectivity index (χ0v) is 18.0. The van der Waals surface area contributed by atoms with Crippen molar-refractivity contribution in [1.29, 1.82) is 0 Å². The number of aromatic nitrogens is 1. The van der Waals surface area contributed by atoms with E-state index in [-0.39, 0.29) is 18.4 Å². The lowest BCUT2D eigenvalue weighted by molar-refractivity contribution is -0.137. The molecule has 1 unspecified atom stereocenters. The fourth-order valence-electron chi connectivity index (χ4n) is 4.86. The zero-order valence-electron chi connectivity index (χ0n) is 17.2. The molecule has 6 heteroatoms. The van der Waals surface area contributed by atoms with Crippen LogP contribution in [0.2, 0.25) is 0 Å². The number of thiazole rings is 1. The van der Waals surface area contributed by atoms with Crippen LogP contribution in [0.25, 0.3) is 10.2 Å². The quantitative estimate of drug-likeness (QED) is 0.437. The molecule has 1 heterocycles. The Hall–Kier alpha value is -1.50. The van der Waals surface area contributed by atoms with E-state index in [1.54, 1.807) is 11.3 Å². The second-order valence-corrected chi connectivity index (χ2v) is 9.63. The minimum atomic E-state index is -0.718. The first-order chi connectivity index (χ1) is 14.0. The number of fused-ring (bicyclic) bond motifs is 1. The lowest BCUT2D eigenvalue weighted by atomic mass is 9.82. The van der Waals surface area contributed by atoms with Gasteiger partial charge in [-0.15, -0.1) is 11.3 Å². The molecular formula is C23H33NO4S. The molecule has 160 valence electrons. The lowest BCUT2D eigenvalue weighted by Gasteiger charge is -2.25. The van der Waals surface area contributed by atoms with Crippen molar-refractivity contribution in [3.8, 4) is 0 Å². The third kappa shape index (κ3) is 6.00. The number of hydrogen-bond donors (Lipinski definition) is 3. The third-order valence-electron chi connectivity index (χ3n) is 6.44. The number of carbonyl (C=O) groups is 1. The number of aliphatic hydroxyl groups excluding tert-OH is 2. The van der Waals surface area contributed by atoms with Crippen molar-refractivity contribution in [2.75, 3.05) is 0 Å². The van der Waals surface area contributed by atoms with Crippen molar-refractivity contribution >= 4 is 27.5 Å². The highest BCUT2D eigenvalue weighted by Crippen LogP contribution is 2.43. The van der Waals surface area contributed by atoms with Crippen LogP contribution >= 0.6 is 11.3 Å². The molecule has 0 amide bonds. The van der Waals surface area contributed by atoms with Gasteiger partial charge in [-0.1, -0.05) is 38.3 Å². The normalized spacial score (nSPS) is 25.5. The summed E-state index contributed by atoms with van der Waals surface area (Å²) < 4.78 is 1.09. The number of carboxylic acid groups (broad SMARTS) is 1. The Morgan fingerprint density at radius 3 is 2.69 bits per heavy atom. The standard InChI is InChI=1S/C23H33NO4S/c1-15-14-20(26)17(16(15)8-4-2-3-5-11-22(27)28)12-13-19(25)23-24-18-9-6-7-10-21(18)29-23/h6-7,9-10,15-17,19-20,25-26H,2-5,8,11-14H2,1H3,(H,27,28)/t15-,16-,17+,19?,20+/m0/s1. The van der Waals surface area contributed by atoms with Gasteiger partial charge < -0.3 is 15.3 Å². The SMILES string of the molecule is C[C@H]1C[C@@H](O)[C@H](CCC(O)c2nc3ccccc3s2)[C@H]1CCCCCCC(=O)O. The van der Waals surface area contributed by atoms with Gasteiger partial charge in [0, 0.05) is 6.42 Å². The van der Waals surface area contributed by atoms with E-state index in [4.69, 9.17) is 5.11 Å². The number of aliphatic hydroxyl groups is 2. The highest BCUT2D eigenvalue weighted by atomic mass is 32.1. The molecule has 1 fully saturated rings. The van der Waals surface area contributed by atoms with Crippen LogP contribution in [0, 0.1) is 17.8 Å². The molecule has 3 rings (SSSR count). The Balaban J connectivity index is 1.48. The molecule has 0 spiro atoms. The van der Waals surface area contributed by atoms with Crippen LogP contribution in [-0.4, -0.2) is 32.4 Å². The number of carboxylic acids is 1. The van der Waals surface area contributed by atoms with Gasteiger partial charge in [0.2, 0.25) is 0 Å². The van der Waals surface area contributed by atoms with Crippen molar-refractivity contribution in [3.05, 3.63) is 29.3 Å². The summed E-state index contributed by atoms with van der Waals surface area (Å²) in [5.41, 5.74) is 0.932. The summed E-state index contributed by atoms with van der Waals surface area (Å²) in [6, 6.07) is 7.94. The summed E-state index contributed by atoms with van der Waals surface area (Å²) in [4.78, 5) is 15.2. The average Bonchev–Trinajstić information content (AvgIpc) is 3.23. The van der Waals surface area contributed by atoms with E-state index in [1.807, 2.05) is 24.3 Å². The van der Waals surface area contributed by atoms with Crippen LogP contribution in [0.5, 0.6) is 0 Å². The number of unbranched alkanes of at least 4 members (excludes halogenated alkanes) is 3. The van der Waals surface area contributed by atoms with Crippen LogP contribution in [0.4, 0.5) is 0 Å². The van der Waals surface area contributed by atoms with Gasteiger partial charge in [0.05, 0.1) is 16.3 Å². The molecule has 1 aliphatic carbocycles. The summed E-state index contributed by atoms with van der Waals surface area (Å²) in [7, 11) is 0. The van der Waals surface area contributed by atoms with E-state index in [9.17, 15) is 15.0 Å². The van der Waals surface area contributed by atoms with Crippen LogP contribution in [0.1, 0.15) is 75.8 Å². The molecule has 0 bridgehead atoms. The van der Waals surface area contributed by atoms with E-state index in [1.165, 1.54) is 0 Å². The Morgan fingerprint density at radius 1 is 1.17 bits per heavy atom. The van der Waals surface area contributed by atoms with E-state index in [2.05, 4.69) is 11.9 Å². The van der Waals surface area contributed by atoms with Crippen LogP contribution in [0.3, 0.4) is 0 Å². The van der Waals surface area contributed by atoms with Gasteiger partial charge in [-0.3, -0.25) is 4.79 Å². The van der Waals surface area contributed by atoms with Gasteiger partial charge in [0.1, 0.15) is 11.1 Å². The maximum Gasteiger partial charge on any atom is 0.303 e. The van der Waals surface area contributed by atoms with Crippen molar-refractivity contribution in [3.63, 3.8) is 0 Å². The number of aliphatic carboxylic acids is 1. The zero-order chi connectivity index (χ0) is 20.8. The first-order valence-electron chi connectivity index (χ1n) is 10.9. The molecule has 0 saturated heterocycles. The lowest BCUT2D eigenvalue weighted by Crippen LogP contribution is -2.21.